The molecule has 218 valence electrons. The first-order valence-corrected chi connectivity index (χ1v) is 16.2. The summed E-state index contributed by atoms with van der Waals surface area (Å²) in [5.41, 5.74) is 0. The maximum absolute atomic E-state index is 11.9. The number of phosphoric acid groups is 1. The van der Waals surface area contributed by atoms with E-state index in [0.717, 1.165) is 13.0 Å². The molecule has 0 saturated heterocycles. The molecule has 0 amide bonds. The van der Waals surface area contributed by atoms with Crippen molar-refractivity contribution >= 4 is 7.82 Å². The van der Waals surface area contributed by atoms with Gasteiger partial charge in [-0.2, -0.15) is 0 Å². The van der Waals surface area contributed by atoms with Crippen molar-refractivity contribution in [3.05, 3.63) is 0 Å². The third-order valence-electron chi connectivity index (χ3n) is 6.49. The Morgan fingerprint density at radius 3 is 1.58 bits per heavy atom. The maximum Gasteiger partial charge on any atom is 0.472 e. The van der Waals surface area contributed by atoms with Crippen LogP contribution in [0.4, 0.5) is 0 Å². The molecule has 7 nitrogen and oxygen atoms in total. The molecule has 0 rings (SSSR count). The number of quaternary nitrogens is 1. The summed E-state index contributed by atoms with van der Waals surface area (Å²) in [5, 5.41) is 0. The van der Waals surface area contributed by atoms with Crippen LogP contribution in [-0.2, 0) is 23.1 Å². The van der Waals surface area contributed by atoms with Crippen molar-refractivity contribution in [1.82, 2.24) is 0 Å². The number of likely N-dealkylation sites (N-methyl/N-ethyl adjacent to an activating group) is 1. The van der Waals surface area contributed by atoms with Gasteiger partial charge in [-0.15, -0.1) is 0 Å². The van der Waals surface area contributed by atoms with Crippen molar-refractivity contribution in [2.75, 3.05) is 61.2 Å². The fourth-order valence-corrected chi connectivity index (χ4v) is 4.73. The minimum atomic E-state index is -4.02. The van der Waals surface area contributed by atoms with E-state index in [1.165, 1.54) is 96.3 Å². The Morgan fingerprint density at radius 2 is 1.14 bits per heavy atom. The van der Waals surface area contributed by atoms with Crippen LogP contribution >= 0.6 is 7.82 Å². The van der Waals surface area contributed by atoms with Gasteiger partial charge in [-0.25, -0.2) is 4.57 Å². The van der Waals surface area contributed by atoms with E-state index in [1.54, 1.807) is 7.11 Å². The molecule has 0 aromatic rings. The van der Waals surface area contributed by atoms with Crippen LogP contribution in [0, 0.1) is 0 Å². The fourth-order valence-electron chi connectivity index (χ4n) is 4.00. The lowest BCUT2D eigenvalue weighted by Gasteiger charge is -2.24. The molecule has 0 aliphatic carbocycles. The van der Waals surface area contributed by atoms with Gasteiger partial charge in [-0.05, 0) is 12.8 Å². The zero-order valence-corrected chi connectivity index (χ0v) is 25.4. The average molecular weight is 539 g/mol. The Morgan fingerprint density at radius 1 is 0.694 bits per heavy atom. The first-order chi connectivity index (χ1) is 17.2. The van der Waals surface area contributed by atoms with Crippen molar-refractivity contribution in [2.24, 2.45) is 0 Å². The monoisotopic (exact) mass is 538 g/mol. The number of rotatable bonds is 28. The van der Waals surface area contributed by atoms with Crippen molar-refractivity contribution < 1.29 is 32.5 Å². The number of ether oxygens (including phenoxy) is 2. The second-order valence-corrected chi connectivity index (χ2v) is 12.6. The molecule has 0 aliphatic heterocycles. The van der Waals surface area contributed by atoms with Gasteiger partial charge < -0.3 is 18.9 Å². The predicted molar refractivity (Wildman–Crippen MR) is 150 cm³/mol. The quantitative estimate of drug-likeness (QED) is 0.0631. The van der Waals surface area contributed by atoms with E-state index < -0.39 is 7.82 Å². The van der Waals surface area contributed by atoms with E-state index in [4.69, 9.17) is 18.5 Å². The molecule has 0 bridgehead atoms. The largest absolute Gasteiger partial charge is 0.472 e. The highest BCUT2D eigenvalue weighted by molar-refractivity contribution is 7.47. The maximum atomic E-state index is 11.9. The highest BCUT2D eigenvalue weighted by Gasteiger charge is 2.23. The van der Waals surface area contributed by atoms with Crippen molar-refractivity contribution in [1.29, 1.82) is 0 Å². The van der Waals surface area contributed by atoms with Crippen LogP contribution in [0.1, 0.15) is 116 Å². The van der Waals surface area contributed by atoms with Crippen LogP contribution < -0.4 is 0 Å². The molecule has 0 radical (unpaired) electrons. The Balaban J connectivity index is 3.48. The van der Waals surface area contributed by atoms with E-state index in [-0.39, 0.29) is 19.3 Å². The van der Waals surface area contributed by atoms with E-state index in [1.807, 2.05) is 21.1 Å². The first kappa shape index (κ1) is 36.0. The summed E-state index contributed by atoms with van der Waals surface area (Å²) in [7, 11) is 3.59. The van der Waals surface area contributed by atoms with E-state index in [9.17, 15) is 9.46 Å². The van der Waals surface area contributed by atoms with Gasteiger partial charge in [0.05, 0.1) is 40.5 Å². The molecule has 0 aromatic heterocycles. The normalized spacial score (nSPS) is 14.7. The number of nitrogens with zero attached hydrogens (tertiary/aromatic N) is 1. The van der Waals surface area contributed by atoms with Gasteiger partial charge in [0, 0.05) is 13.7 Å². The molecule has 36 heavy (non-hydrogen) atoms. The second-order valence-electron chi connectivity index (χ2n) is 11.2. The van der Waals surface area contributed by atoms with Crippen LogP contribution in [-0.4, -0.2) is 76.7 Å². The lowest BCUT2D eigenvalue weighted by atomic mass is 10.0. The second kappa shape index (κ2) is 24.1. The number of methoxy groups -OCH3 is 1. The van der Waals surface area contributed by atoms with Crippen LogP contribution in [0.25, 0.3) is 0 Å². The smallest absolute Gasteiger partial charge is 0.379 e. The summed E-state index contributed by atoms with van der Waals surface area (Å²) in [5.74, 6) is 0. The molecular weight excluding hydrogens is 477 g/mol. The Kier molecular flexibility index (Phi) is 24.1. The predicted octanol–water partition coefficient (Wildman–Crippen LogP) is 7.51. The summed E-state index contributed by atoms with van der Waals surface area (Å²) in [6.07, 6.45) is 22.1. The van der Waals surface area contributed by atoms with E-state index in [0.29, 0.717) is 24.1 Å². The molecule has 8 heteroatoms. The summed E-state index contributed by atoms with van der Waals surface area (Å²) >= 11 is 0. The molecule has 2 atom stereocenters. The Labute approximate surface area is 223 Å². The van der Waals surface area contributed by atoms with Gasteiger partial charge >= 0.3 is 7.82 Å². The van der Waals surface area contributed by atoms with Crippen molar-refractivity contribution in [2.45, 2.75) is 122 Å². The highest BCUT2D eigenvalue weighted by atomic mass is 31.2. The zero-order valence-electron chi connectivity index (χ0n) is 24.5. The fraction of sp³-hybridized carbons (Fsp3) is 1.00. The topological polar surface area (TPSA) is 74.2 Å². The standard InChI is InChI=1S/C28H60NO6P/c1-6-7-8-9-10-11-12-13-14-15-16-17-18-19-20-21-24-33-27-28(32-5)22-25-34-36(30,31)35-26-23-29(2,3)4/h28H,6-27H2,1-5H3/p+1. The zero-order chi connectivity index (χ0) is 27.0. The SMILES string of the molecule is CCCCCCCCCCCCCCCCCCOCC(CCOP(=O)(O)OCC[N+](C)(C)C)OC. The summed E-state index contributed by atoms with van der Waals surface area (Å²) in [6, 6.07) is 0. The lowest BCUT2D eigenvalue weighted by molar-refractivity contribution is -0.870. The summed E-state index contributed by atoms with van der Waals surface area (Å²) < 4.78 is 33.8. The van der Waals surface area contributed by atoms with Gasteiger partial charge in [0.25, 0.3) is 0 Å². The molecular formula is C28H61NO6P+. The summed E-state index contributed by atoms with van der Waals surface area (Å²) in [6.45, 7) is 4.37. The minimum Gasteiger partial charge on any atom is -0.379 e. The molecule has 0 aromatic carbocycles. The van der Waals surface area contributed by atoms with E-state index >= 15 is 0 Å². The van der Waals surface area contributed by atoms with Crippen molar-refractivity contribution in [3.63, 3.8) is 0 Å². The molecule has 0 spiro atoms. The average Bonchev–Trinajstić information content (AvgIpc) is 2.81. The third kappa shape index (κ3) is 27.0. The molecule has 0 heterocycles. The first-order valence-electron chi connectivity index (χ1n) is 14.7. The van der Waals surface area contributed by atoms with Crippen LogP contribution in [0.3, 0.4) is 0 Å². The van der Waals surface area contributed by atoms with Crippen LogP contribution in [0.5, 0.6) is 0 Å². The van der Waals surface area contributed by atoms with Gasteiger partial charge in [0.15, 0.2) is 0 Å². The number of phosphoric ester groups is 1. The van der Waals surface area contributed by atoms with Crippen molar-refractivity contribution in [3.8, 4) is 0 Å². The van der Waals surface area contributed by atoms with Crippen LogP contribution in [0.2, 0.25) is 0 Å². The summed E-state index contributed by atoms with van der Waals surface area (Å²) in [4.78, 5) is 9.77. The molecule has 2 unspecified atom stereocenters. The minimum absolute atomic E-state index is 0.0963. The highest BCUT2D eigenvalue weighted by Crippen LogP contribution is 2.43. The number of hydrogen-bond donors (Lipinski definition) is 1. The third-order valence-corrected chi connectivity index (χ3v) is 7.51. The van der Waals surface area contributed by atoms with Gasteiger partial charge in [-0.1, -0.05) is 103 Å². The number of hydrogen-bond acceptors (Lipinski definition) is 5. The Bertz CT molecular complexity index is 515. The van der Waals surface area contributed by atoms with E-state index in [2.05, 4.69) is 6.92 Å². The Hall–Kier alpha value is -0.0100. The molecule has 0 aliphatic rings. The molecule has 0 saturated carbocycles. The van der Waals surface area contributed by atoms with Crippen LogP contribution in [0.15, 0.2) is 0 Å². The van der Waals surface area contributed by atoms with Gasteiger partial charge in [-0.3, -0.25) is 9.05 Å². The molecule has 1 N–H and O–H groups in total. The number of unbranched alkanes of at least 4 members (excludes halogenated alkanes) is 15. The van der Waals surface area contributed by atoms with Gasteiger partial charge in [0.1, 0.15) is 13.2 Å². The van der Waals surface area contributed by atoms with Gasteiger partial charge in [0.2, 0.25) is 0 Å². The lowest BCUT2D eigenvalue weighted by Crippen LogP contribution is -2.37. The molecule has 0 fully saturated rings.